The molecule has 118 valence electrons. The molecule has 2 atom stereocenters. The molecule has 2 aliphatic rings. The predicted molar refractivity (Wildman–Crippen MR) is 91.4 cm³/mol. The minimum absolute atomic E-state index is 0.00273. The molecule has 0 aromatic heterocycles. The maximum Gasteiger partial charge on any atom is 0.228 e. The van der Waals surface area contributed by atoms with Crippen molar-refractivity contribution >= 4 is 29.0 Å². The van der Waals surface area contributed by atoms with Gasteiger partial charge in [-0.2, -0.15) is 0 Å². The van der Waals surface area contributed by atoms with Gasteiger partial charge in [0.1, 0.15) is 6.17 Å². The normalized spacial score (nSPS) is 23.2. The van der Waals surface area contributed by atoms with Crippen LogP contribution in [0.5, 0.6) is 0 Å². The molecule has 1 N–H and O–H groups in total. The highest BCUT2D eigenvalue weighted by Crippen LogP contribution is 2.37. The van der Waals surface area contributed by atoms with E-state index in [-0.39, 0.29) is 12.4 Å². The largest absolute Gasteiger partial charge is 0.364 e. The third-order valence-electron chi connectivity index (χ3n) is 4.11. The van der Waals surface area contributed by atoms with Gasteiger partial charge in [-0.3, -0.25) is 10.2 Å². The van der Waals surface area contributed by atoms with Crippen molar-refractivity contribution < 1.29 is 4.84 Å². The van der Waals surface area contributed by atoms with Crippen LogP contribution in [-0.2, 0) is 4.84 Å². The zero-order chi connectivity index (χ0) is 15.8. The van der Waals surface area contributed by atoms with E-state index < -0.39 is 0 Å². The Hall–Kier alpha value is -1.75. The number of rotatable bonds is 2. The smallest absolute Gasteiger partial charge is 0.228 e. The molecule has 0 amide bonds. The fourth-order valence-corrected chi connectivity index (χ4v) is 3.25. The Morgan fingerprint density at radius 3 is 2.22 bits per heavy atom. The standard InChI is InChI=1S/C17H15Cl2N3O/c18-13-5-1-11(2-6-13)16-20-10-9-15-21-23-17(22(15)16)12-3-7-14(19)8-4-12/h1-8,16-17,20H,9-10H2/t16-,17-/m0/s1. The summed E-state index contributed by atoms with van der Waals surface area (Å²) >= 11 is 12.0. The highest BCUT2D eigenvalue weighted by molar-refractivity contribution is 6.30. The average Bonchev–Trinajstić information content (AvgIpc) is 3.00. The minimum atomic E-state index is -0.254. The second-order valence-corrected chi connectivity index (χ2v) is 6.46. The molecule has 0 saturated carbocycles. The van der Waals surface area contributed by atoms with E-state index in [1.165, 1.54) is 0 Å². The van der Waals surface area contributed by atoms with Crippen LogP contribution in [0.2, 0.25) is 10.0 Å². The quantitative estimate of drug-likeness (QED) is 0.878. The molecule has 0 spiro atoms. The van der Waals surface area contributed by atoms with E-state index in [4.69, 9.17) is 28.0 Å². The molecule has 0 bridgehead atoms. The number of halogens is 2. The number of nitrogens with zero attached hydrogens (tertiary/aromatic N) is 2. The second-order valence-electron chi connectivity index (χ2n) is 5.58. The van der Waals surface area contributed by atoms with Gasteiger partial charge in [0.15, 0.2) is 5.84 Å². The van der Waals surface area contributed by atoms with Crippen molar-refractivity contribution in [1.82, 2.24) is 10.2 Å². The number of nitrogens with one attached hydrogen (secondary N) is 1. The molecule has 2 aromatic rings. The van der Waals surface area contributed by atoms with Crippen molar-refractivity contribution in [2.75, 3.05) is 6.54 Å². The topological polar surface area (TPSA) is 36.9 Å². The summed E-state index contributed by atoms with van der Waals surface area (Å²) in [6, 6.07) is 15.5. The molecule has 2 aliphatic heterocycles. The molecular weight excluding hydrogens is 333 g/mol. The van der Waals surface area contributed by atoms with Crippen molar-refractivity contribution in [2.45, 2.75) is 18.8 Å². The lowest BCUT2D eigenvalue weighted by Gasteiger charge is -2.37. The minimum Gasteiger partial charge on any atom is -0.364 e. The van der Waals surface area contributed by atoms with Crippen LogP contribution in [0.25, 0.3) is 0 Å². The lowest BCUT2D eigenvalue weighted by molar-refractivity contribution is -0.0169. The van der Waals surface area contributed by atoms with Crippen molar-refractivity contribution in [2.24, 2.45) is 5.16 Å². The second kappa shape index (κ2) is 6.04. The van der Waals surface area contributed by atoms with Crippen LogP contribution in [-0.4, -0.2) is 17.3 Å². The average molecular weight is 348 g/mol. The number of amidine groups is 1. The summed E-state index contributed by atoms with van der Waals surface area (Å²) < 4.78 is 0. The summed E-state index contributed by atoms with van der Waals surface area (Å²) in [5.74, 6) is 0.962. The van der Waals surface area contributed by atoms with Crippen LogP contribution in [0.15, 0.2) is 53.7 Å². The van der Waals surface area contributed by atoms with Gasteiger partial charge in [-0.15, -0.1) is 0 Å². The third-order valence-corrected chi connectivity index (χ3v) is 4.62. The first kappa shape index (κ1) is 14.8. The maximum absolute atomic E-state index is 6.01. The Labute approximate surface area is 144 Å². The molecule has 23 heavy (non-hydrogen) atoms. The van der Waals surface area contributed by atoms with Gasteiger partial charge in [-0.05, 0) is 29.8 Å². The highest BCUT2D eigenvalue weighted by atomic mass is 35.5. The van der Waals surface area contributed by atoms with Gasteiger partial charge in [-0.1, -0.05) is 52.6 Å². The molecule has 4 nitrogen and oxygen atoms in total. The molecule has 0 radical (unpaired) electrons. The molecule has 1 saturated heterocycles. The van der Waals surface area contributed by atoms with Gasteiger partial charge in [0.2, 0.25) is 6.23 Å². The number of oxime groups is 1. The van der Waals surface area contributed by atoms with E-state index in [1.54, 1.807) is 0 Å². The first-order valence-corrected chi connectivity index (χ1v) is 8.23. The lowest BCUT2D eigenvalue weighted by Crippen LogP contribution is -2.47. The predicted octanol–water partition coefficient (Wildman–Crippen LogP) is 4.33. The highest BCUT2D eigenvalue weighted by Gasteiger charge is 2.39. The Morgan fingerprint density at radius 1 is 0.957 bits per heavy atom. The Kier molecular flexibility index (Phi) is 3.89. The summed E-state index contributed by atoms with van der Waals surface area (Å²) in [5, 5.41) is 9.24. The molecule has 6 heteroatoms. The molecule has 1 fully saturated rings. The lowest BCUT2D eigenvalue weighted by atomic mass is 10.1. The first-order valence-electron chi connectivity index (χ1n) is 7.48. The van der Waals surface area contributed by atoms with Gasteiger partial charge in [-0.25, -0.2) is 0 Å². The zero-order valence-electron chi connectivity index (χ0n) is 12.2. The van der Waals surface area contributed by atoms with Crippen LogP contribution in [0, 0.1) is 0 Å². The molecular formula is C17H15Cl2N3O. The molecule has 2 aromatic carbocycles. The SMILES string of the molecule is Clc1ccc([C@H]2NCCC3=NO[C@@H](c4ccc(Cl)cc4)N32)cc1. The van der Waals surface area contributed by atoms with E-state index in [0.717, 1.165) is 35.0 Å². The first-order chi connectivity index (χ1) is 11.2. The fourth-order valence-electron chi connectivity index (χ4n) is 2.99. The summed E-state index contributed by atoms with van der Waals surface area (Å²) in [7, 11) is 0. The zero-order valence-corrected chi connectivity index (χ0v) is 13.8. The van der Waals surface area contributed by atoms with E-state index >= 15 is 0 Å². The van der Waals surface area contributed by atoms with Crippen LogP contribution in [0.1, 0.15) is 29.9 Å². The van der Waals surface area contributed by atoms with Crippen molar-refractivity contribution in [3.8, 4) is 0 Å². The summed E-state index contributed by atoms with van der Waals surface area (Å²) in [6.07, 6.45) is 0.590. The number of hydrogen-bond donors (Lipinski definition) is 1. The van der Waals surface area contributed by atoms with Gasteiger partial charge in [0, 0.05) is 28.6 Å². The van der Waals surface area contributed by atoms with Gasteiger partial charge >= 0.3 is 0 Å². The number of hydrogen-bond acceptors (Lipinski definition) is 4. The number of benzene rings is 2. The molecule has 4 rings (SSSR count). The number of fused-ring (bicyclic) bond motifs is 1. The van der Waals surface area contributed by atoms with Crippen molar-refractivity contribution in [1.29, 1.82) is 0 Å². The van der Waals surface area contributed by atoms with Gasteiger partial charge in [0.25, 0.3) is 0 Å². The van der Waals surface area contributed by atoms with Crippen LogP contribution in [0.3, 0.4) is 0 Å². The molecule has 0 aliphatic carbocycles. The molecule has 2 heterocycles. The third kappa shape index (κ3) is 2.78. The summed E-state index contributed by atoms with van der Waals surface area (Å²) in [5.41, 5.74) is 2.15. The summed E-state index contributed by atoms with van der Waals surface area (Å²) in [4.78, 5) is 7.88. The van der Waals surface area contributed by atoms with E-state index in [0.29, 0.717) is 5.02 Å². The Morgan fingerprint density at radius 2 is 1.57 bits per heavy atom. The van der Waals surface area contributed by atoms with Crippen molar-refractivity contribution in [3.63, 3.8) is 0 Å². The van der Waals surface area contributed by atoms with Crippen LogP contribution < -0.4 is 5.32 Å². The Bertz CT molecular complexity index is 731. The fraction of sp³-hybridized carbons (Fsp3) is 0.235. The van der Waals surface area contributed by atoms with E-state index in [2.05, 4.69) is 15.4 Å². The summed E-state index contributed by atoms with van der Waals surface area (Å²) in [6.45, 7) is 0.860. The monoisotopic (exact) mass is 347 g/mol. The van der Waals surface area contributed by atoms with Crippen LogP contribution in [0.4, 0.5) is 0 Å². The Balaban J connectivity index is 1.68. The maximum atomic E-state index is 6.01. The molecule has 0 unspecified atom stereocenters. The van der Waals surface area contributed by atoms with Crippen molar-refractivity contribution in [3.05, 3.63) is 69.7 Å². The van der Waals surface area contributed by atoms with E-state index in [1.807, 2.05) is 48.5 Å². The van der Waals surface area contributed by atoms with Gasteiger partial charge < -0.3 is 4.84 Å². The van der Waals surface area contributed by atoms with Crippen LogP contribution >= 0.6 is 23.2 Å². The van der Waals surface area contributed by atoms with Gasteiger partial charge in [0.05, 0.1) is 0 Å². The van der Waals surface area contributed by atoms with E-state index in [9.17, 15) is 0 Å².